The largest absolute Gasteiger partial charge is 0.326 e. The number of carbonyl (C=O) groups is 1. The van der Waals surface area contributed by atoms with Gasteiger partial charge in [-0.15, -0.1) is 11.8 Å². The molecule has 104 valence electrons. The van der Waals surface area contributed by atoms with Gasteiger partial charge in [0.15, 0.2) is 0 Å². The van der Waals surface area contributed by atoms with Gasteiger partial charge in [-0.1, -0.05) is 35.3 Å². The van der Waals surface area contributed by atoms with Gasteiger partial charge in [-0.3, -0.25) is 4.79 Å². The molecule has 1 amide bonds. The zero-order chi connectivity index (χ0) is 14.5. The van der Waals surface area contributed by atoms with Crippen LogP contribution in [0.15, 0.2) is 47.4 Å². The summed E-state index contributed by atoms with van der Waals surface area (Å²) in [5, 5.41) is 3.78. The van der Waals surface area contributed by atoms with E-state index in [-0.39, 0.29) is 5.91 Å². The molecule has 0 aromatic heterocycles. The number of thioether (sulfide) groups is 1. The van der Waals surface area contributed by atoms with E-state index in [0.29, 0.717) is 22.2 Å². The first-order chi connectivity index (χ1) is 9.56. The van der Waals surface area contributed by atoms with Gasteiger partial charge in [0.25, 0.3) is 0 Å². The van der Waals surface area contributed by atoms with Crippen LogP contribution in [0.2, 0.25) is 10.0 Å². The maximum Gasteiger partial charge on any atom is 0.228 e. The molecule has 1 N–H and O–H groups in total. The van der Waals surface area contributed by atoms with E-state index in [1.807, 2.05) is 30.5 Å². The summed E-state index contributed by atoms with van der Waals surface area (Å²) in [5.41, 5.74) is 1.57. The summed E-state index contributed by atoms with van der Waals surface area (Å²) >= 11 is 13.5. The summed E-state index contributed by atoms with van der Waals surface area (Å²) in [6.07, 6.45) is 2.34. The van der Waals surface area contributed by atoms with Crippen LogP contribution in [0.3, 0.4) is 0 Å². The number of carbonyl (C=O) groups excluding carboxylic acids is 1. The summed E-state index contributed by atoms with van der Waals surface area (Å²) in [6.45, 7) is 0. The Balaban J connectivity index is 2.01. The van der Waals surface area contributed by atoms with E-state index in [1.54, 1.807) is 30.0 Å². The zero-order valence-corrected chi connectivity index (χ0v) is 13.1. The fourth-order valence-electron chi connectivity index (χ4n) is 1.76. The fourth-order valence-corrected chi connectivity index (χ4v) is 2.69. The van der Waals surface area contributed by atoms with E-state index >= 15 is 0 Å². The normalized spacial score (nSPS) is 10.3. The highest BCUT2D eigenvalue weighted by atomic mass is 35.5. The summed E-state index contributed by atoms with van der Waals surface area (Å²) in [5.74, 6) is -0.0970. The number of anilines is 1. The molecule has 0 aliphatic heterocycles. The van der Waals surface area contributed by atoms with Gasteiger partial charge in [0, 0.05) is 20.6 Å². The van der Waals surface area contributed by atoms with Crippen molar-refractivity contribution >= 4 is 46.6 Å². The number of hydrogen-bond acceptors (Lipinski definition) is 2. The molecule has 5 heteroatoms. The average Bonchev–Trinajstić information content (AvgIpc) is 2.38. The van der Waals surface area contributed by atoms with Crippen LogP contribution in [0.25, 0.3) is 0 Å². The molecule has 0 bridgehead atoms. The third kappa shape index (κ3) is 4.44. The Morgan fingerprint density at radius 3 is 2.25 bits per heavy atom. The van der Waals surface area contributed by atoms with Crippen molar-refractivity contribution in [1.82, 2.24) is 0 Å². The van der Waals surface area contributed by atoms with Crippen LogP contribution in [0.1, 0.15) is 5.56 Å². The molecule has 0 heterocycles. The molecule has 0 aliphatic rings. The molecule has 0 fully saturated rings. The standard InChI is InChI=1S/C15H13Cl2NOS/c1-20-14-4-2-10(3-5-14)6-15(19)18-13-8-11(16)7-12(17)9-13/h2-5,7-9H,6H2,1H3,(H,18,19). The van der Waals surface area contributed by atoms with Gasteiger partial charge in [-0.2, -0.15) is 0 Å². The van der Waals surface area contributed by atoms with Crippen molar-refractivity contribution < 1.29 is 4.79 Å². The topological polar surface area (TPSA) is 29.1 Å². The van der Waals surface area contributed by atoms with Gasteiger partial charge in [0.1, 0.15) is 0 Å². The fraction of sp³-hybridized carbons (Fsp3) is 0.133. The SMILES string of the molecule is CSc1ccc(CC(=O)Nc2cc(Cl)cc(Cl)c2)cc1. The second-order valence-electron chi connectivity index (χ2n) is 4.23. The lowest BCUT2D eigenvalue weighted by atomic mass is 10.1. The van der Waals surface area contributed by atoms with E-state index in [0.717, 1.165) is 5.56 Å². The molecule has 0 unspecified atom stereocenters. The van der Waals surface area contributed by atoms with Crippen LogP contribution in [0, 0.1) is 0 Å². The van der Waals surface area contributed by atoms with Gasteiger partial charge in [0.05, 0.1) is 6.42 Å². The molecule has 2 aromatic carbocycles. The van der Waals surface area contributed by atoms with Crippen molar-refractivity contribution in [2.24, 2.45) is 0 Å². The molecule has 0 radical (unpaired) electrons. The summed E-state index contributed by atoms with van der Waals surface area (Å²) in [6, 6.07) is 12.9. The molecule has 0 saturated heterocycles. The highest BCUT2D eigenvalue weighted by molar-refractivity contribution is 7.98. The van der Waals surface area contributed by atoms with E-state index < -0.39 is 0 Å². The lowest BCUT2D eigenvalue weighted by Gasteiger charge is -2.07. The van der Waals surface area contributed by atoms with Gasteiger partial charge in [-0.25, -0.2) is 0 Å². The minimum atomic E-state index is -0.0970. The van der Waals surface area contributed by atoms with Gasteiger partial charge >= 0.3 is 0 Å². The second kappa shape index (κ2) is 7.02. The molecule has 0 spiro atoms. The first-order valence-electron chi connectivity index (χ1n) is 5.95. The van der Waals surface area contributed by atoms with Crippen LogP contribution in [-0.4, -0.2) is 12.2 Å². The predicted molar refractivity (Wildman–Crippen MR) is 87.0 cm³/mol. The van der Waals surface area contributed by atoms with Gasteiger partial charge in [0.2, 0.25) is 5.91 Å². The first kappa shape index (κ1) is 15.2. The average molecular weight is 326 g/mol. The Hall–Kier alpha value is -1.16. The van der Waals surface area contributed by atoms with E-state index in [2.05, 4.69) is 5.32 Å². The zero-order valence-electron chi connectivity index (χ0n) is 10.8. The lowest BCUT2D eigenvalue weighted by Crippen LogP contribution is -2.14. The summed E-state index contributed by atoms with van der Waals surface area (Å²) in [4.78, 5) is 13.1. The number of halogens is 2. The van der Waals surface area contributed by atoms with Crippen LogP contribution >= 0.6 is 35.0 Å². The lowest BCUT2D eigenvalue weighted by molar-refractivity contribution is -0.115. The minimum absolute atomic E-state index is 0.0970. The Bertz CT molecular complexity index is 594. The Morgan fingerprint density at radius 2 is 1.70 bits per heavy atom. The van der Waals surface area contributed by atoms with E-state index in [9.17, 15) is 4.79 Å². The first-order valence-corrected chi connectivity index (χ1v) is 7.94. The molecule has 2 rings (SSSR count). The van der Waals surface area contributed by atoms with Crippen LogP contribution in [-0.2, 0) is 11.2 Å². The summed E-state index contributed by atoms with van der Waals surface area (Å²) in [7, 11) is 0. The predicted octanol–water partition coefficient (Wildman–Crippen LogP) is 4.90. The van der Waals surface area contributed by atoms with Crippen molar-refractivity contribution in [3.63, 3.8) is 0 Å². The number of nitrogens with one attached hydrogen (secondary N) is 1. The van der Waals surface area contributed by atoms with E-state index in [1.165, 1.54) is 4.90 Å². The Kier molecular flexibility index (Phi) is 5.35. The van der Waals surface area contributed by atoms with Gasteiger partial charge < -0.3 is 5.32 Å². The monoisotopic (exact) mass is 325 g/mol. The third-order valence-corrected chi connectivity index (χ3v) is 3.85. The molecule has 0 saturated carbocycles. The Labute approximate surface area is 132 Å². The Morgan fingerprint density at radius 1 is 1.10 bits per heavy atom. The van der Waals surface area contributed by atoms with Crippen molar-refractivity contribution in [1.29, 1.82) is 0 Å². The van der Waals surface area contributed by atoms with Crippen LogP contribution in [0.5, 0.6) is 0 Å². The van der Waals surface area contributed by atoms with Crippen molar-refractivity contribution in [2.45, 2.75) is 11.3 Å². The van der Waals surface area contributed by atoms with Crippen molar-refractivity contribution in [3.8, 4) is 0 Å². The maximum atomic E-state index is 12.0. The van der Waals surface area contributed by atoms with E-state index in [4.69, 9.17) is 23.2 Å². The molecule has 2 aromatic rings. The van der Waals surface area contributed by atoms with Crippen molar-refractivity contribution in [3.05, 3.63) is 58.1 Å². The molecule has 20 heavy (non-hydrogen) atoms. The number of amides is 1. The number of rotatable bonds is 4. The number of hydrogen-bond donors (Lipinski definition) is 1. The minimum Gasteiger partial charge on any atom is -0.326 e. The molecule has 0 atom stereocenters. The number of benzene rings is 2. The maximum absolute atomic E-state index is 12.0. The summed E-state index contributed by atoms with van der Waals surface area (Å²) < 4.78 is 0. The quantitative estimate of drug-likeness (QED) is 0.810. The molecule has 0 aliphatic carbocycles. The highest BCUT2D eigenvalue weighted by Gasteiger charge is 2.06. The molecular weight excluding hydrogens is 313 g/mol. The molecule has 2 nitrogen and oxygen atoms in total. The van der Waals surface area contributed by atoms with Crippen molar-refractivity contribution in [2.75, 3.05) is 11.6 Å². The van der Waals surface area contributed by atoms with Gasteiger partial charge in [-0.05, 0) is 42.2 Å². The second-order valence-corrected chi connectivity index (χ2v) is 5.98. The third-order valence-electron chi connectivity index (χ3n) is 2.67. The highest BCUT2D eigenvalue weighted by Crippen LogP contribution is 2.22. The van der Waals surface area contributed by atoms with Crippen LogP contribution < -0.4 is 5.32 Å². The molecular formula is C15H13Cl2NOS. The van der Waals surface area contributed by atoms with Crippen LogP contribution in [0.4, 0.5) is 5.69 Å². The smallest absolute Gasteiger partial charge is 0.228 e.